The van der Waals surface area contributed by atoms with E-state index in [-0.39, 0.29) is 18.8 Å². The van der Waals surface area contributed by atoms with E-state index in [1.807, 2.05) is 0 Å². The fourth-order valence-electron chi connectivity index (χ4n) is 1.04. The van der Waals surface area contributed by atoms with Gasteiger partial charge in [-0.3, -0.25) is 9.59 Å². The number of Topliss-reactive ketones (excluding diaryl/α,β-unsaturated/α-hetero) is 1. The van der Waals surface area contributed by atoms with Crippen LogP contribution in [0, 0.1) is 0 Å². The van der Waals surface area contributed by atoms with Crippen molar-refractivity contribution in [1.29, 1.82) is 0 Å². The highest BCUT2D eigenvalue weighted by molar-refractivity contribution is 5.94. The van der Waals surface area contributed by atoms with Crippen LogP contribution >= 0.6 is 0 Å². The molecule has 2 N–H and O–H groups in total. The number of hydrogen-bond acceptors (Lipinski definition) is 3. The van der Waals surface area contributed by atoms with E-state index in [0.29, 0.717) is 6.42 Å². The number of rotatable bonds is 8. The molecule has 0 spiro atoms. The van der Waals surface area contributed by atoms with Gasteiger partial charge in [0.05, 0.1) is 0 Å². The Kier molecular flexibility index (Phi) is 7.20. The van der Waals surface area contributed by atoms with Crippen molar-refractivity contribution < 1.29 is 19.8 Å². The van der Waals surface area contributed by atoms with Crippen LogP contribution in [0.4, 0.5) is 0 Å². The van der Waals surface area contributed by atoms with E-state index in [1.165, 1.54) is 0 Å². The van der Waals surface area contributed by atoms with Gasteiger partial charge in [0.2, 0.25) is 0 Å². The summed E-state index contributed by atoms with van der Waals surface area (Å²) in [7, 11) is 0. The second-order valence-electron chi connectivity index (χ2n) is 3.00. The van der Waals surface area contributed by atoms with Gasteiger partial charge in [0.15, 0.2) is 0 Å². The van der Waals surface area contributed by atoms with Gasteiger partial charge in [0.1, 0.15) is 12.2 Å². The standard InChI is InChI=1S/C9H16O4/c10-6-4-2-1-3-5-8(11)7-9(12)13/h10H,1-7H2,(H,12,13). The summed E-state index contributed by atoms with van der Waals surface area (Å²) in [6.45, 7) is 0.184. The summed E-state index contributed by atoms with van der Waals surface area (Å²) in [6.07, 6.45) is 3.25. The summed E-state index contributed by atoms with van der Waals surface area (Å²) in [6, 6.07) is 0. The van der Waals surface area contributed by atoms with Gasteiger partial charge in [-0.05, 0) is 12.8 Å². The van der Waals surface area contributed by atoms with Crippen molar-refractivity contribution >= 4 is 11.8 Å². The number of aliphatic hydroxyl groups is 1. The van der Waals surface area contributed by atoms with Gasteiger partial charge in [0.25, 0.3) is 0 Å². The summed E-state index contributed by atoms with van der Waals surface area (Å²) >= 11 is 0. The molecule has 0 aromatic heterocycles. The highest BCUT2D eigenvalue weighted by Crippen LogP contribution is 2.04. The van der Waals surface area contributed by atoms with Crippen molar-refractivity contribution in [2.45, 2.75) is 38.5 Å². The maximum atomic E-state index is 10.9. The molecule has 0 aliphatic heterocycles. The molecule has 0 radical (unpaired) electrons. The third-order valence-corrected chi connectivity index (χ3v) is 1.71. The number of aliphatic carboxylic acids is 1. The third-order valence-electron chi connectivity index (χ3n) is 1.71. The maximum Gasteiger partial charge on any atom is 0.310 e. The molecule has 13 heavy (non-hydrogen) atoms. The van der Waals surface area contributed by atoms with E-state index in [0.717, 1.165) is 25.7 Å². The minimum atomic E-state index is -1.06. The second kappa shape index (κ2) is 7.73. The molecule has 0 amide bonds. The molecule has 0 rings (SSSR count). The molecule has 0 saturated heterocycles. The lowest BCUT2D eigenvalue weighted by Crippen LogP contribution is -2.06. The fraction of sp³-hybridized carbons (Fsp3) is 0.778. The largest absolute Gasteiger partial charge is 0.481 e. The summed E-state index contributed by atoms with van der Waals surface area (Å²) in [5.74, 6) is -1.27. The van der Waals surface area contributed by atoms with Gasteiger partial charge in [-0.15, -0.1) is 0 Å². The number of aliphatic hydroxyl groups excluding tert-OH is 1. The van der Waals surface area contributed by atoms with E-state index >= 15 is 0 Å². The zero-order valence-corrected chi connectivity index (χ0v) is 7.66. The Morgan fingerprint density at radius 3 is 2.15 bits per heavy atom. The van der Waals surface area contributed by atoms with Crippen LogP contribution in [0.5, 0.6) is 0 Å². The lowest BCUT2D eigenvalue weighted by Gasteiger charge is -1.98. The minimum absolute atomic E-state index is 0.184. The Morgan fingerprint density at radius 1 is 1.00 bits per heavy atom. The number of hydrogen-bond donors (Lipinski definition) is 2. The summed E-state index contributed by atoms with van der Waals surface area (Å²) in [4.78, 5) is 20.9. The van der Waals surface area contributed by atoms with Crippen molar-refractivity contribution in [3.05, 3.63) is 0 Å². The molecule has 0 bridgehead atoms. The van der Waals surface area contributed by atoms with Gasteiger partial charge in [0, 0.05) is 13.0 Å². The summed E-state index contributed by atoms with van der Waals surface area (Å²) < 4.78 is 0. The summed E-state index contributed by atoms with van der Waals surface area (Å²) in [5.41, 5.74) is 0. The van der Waals surface area contributed by atoms with E-state index in [1.54, 1.807) is 0 Å². The zero-order valence-electron chi connectivity index (χ0n) is 7.66. The molecular weight excluding hydrogens is 172 g/mol. The average Bonchev–Trinajstić information content (AvgIpc) is 2.02. The number of carboxylic acids is 1. The third kappa shape index (κ3) is 9.01. The first-order chi connectivity index (χ1) is 6.16. The minimum Gasteiger partial charge on any atom is -0.481 e. The van der Waals surface area contributed by atoms with Crippen LogP contribution in [0.25, 0.3) is 0 Å². The first-order valence-electron chi connectivity index (χ1n) is 4.51. The molecule has 76 valence electrons. The summed E-state index contributed by atoms with van der Waals surface area (Å²) in [5, 5.41) is 16.7. The van der Waals surface area contributed by atoms with Gasteiger partial charge >= 0.3 is 5.97 Å². The van der Waals surface area contributed by atoms with Crippen molar-refractivity contribution in [1.82, 2.24) is 0 Å². The van der Waals surface area contributed by atoms with Gasteiger partial charge in [-0.25, -0.2) is 0 Å². The molecule has 0 aliphatic carbocycles. The topological polar surface area (TPSA) is 74.6 Å². The highest BCUT2D eigenvalue weighted by atomic mass is 16.4. The van der Waals surface area contributed by atoms with E-state index in [4.69, 9.17) is 10.2 Å². The van der Waals surface area contributed by atoms with E-state index in [9.17, 15) is 9.59 Å². The first kappa shape index (κ1) is 12.1. The van der Waals surface area contributed by atoms with E-state index in [2.05, 4.69) is 0 Å². The highest BCUT2D eigenvalue weighted by Gasteiger charge is 2.06. The number of carbonyl (C=O) groups is 2. The molecule has 4 heteroatoms. The SMILES string of the molecule is O=C(O)CC(=O)CCCCCCO. The van der Waals surface area contributed by atoms with Crippen LogP contribution in [-0.2, 0) is 9.59 Å². The molecule has 0 aromatic carbocycles. The van der Waals surface area contributed by atoms with Crippen LogP contribution in [-0.4, -0.2) is 28.6 Å². The Morgan fingerprint density at radius 2 is 1.62 bits per heavy atom. The van der Waals surface area contributed by atoms with Gasteiger partial charge in [-0.1, -0.05) is 12.8 Å². The molecule has 0 atom stereocenters. The lowest BCUT2D eigenvalue weighted by molar-refractivity contribution is -0.140. The van der Waals surface area contributed by atoms with Crippen LogP contribution in [0.1, 0.15) is 38.5 Å². The van der Waals surface area contributed by atoms with Crippen molar-refractivity contribution in [3.63, 3.8) is 0 Å². The number of unbranched alkanes of at least 4 members (excludes halogenated alkanes) is 3. The van der Waals surface area contributed by atoms with Crippen LogP contribution in [0.2, 0.25) is 0 Å². The molecule has 0 aliphatic rings. The molecular formula is C9H16O4. The average molecular weight is 188 g/mol. The van der Waals surface area contributed by atoms with Crippen molar-refractivity contribution in [2.75, 3.05) is 6.61 Å². The Labute approximate surface area is 77.6 Å². The normalized spacial score (nSPS) is 9.92. The second-order valence-corrected chi connectivity index (χ2v) is 3.00. The fourth-order valence-corrected chi connectivity index (χ4v) is 1.04. The Bertz CT molecular complexity index is 165. The molecule has 0 saturated carbocycles. The predicted molar refractivity (Wildman–Crippen MR) is 47.4 cm³/mol. The Balaban J connectivity index is 3.22. The number of carbonyl (C=O) groups excluding carboxylic acids is 1. The quantitative estimate of drug-likeness (QED) is 0.439. The monoisotopic (exact) mass is 188 g/mol. The van der Waals surface area contributed by atoms with Gasteiger partial charge in [-0.2, -0.15) is 0 Å². The van der Waals surface area contributed by atoms with E-state index < -0.39 is 5.97 Å². The lowest BCUT2D eigenvalue weighted by atomic mass is 10.1. The predicted octanol–water partition coefficient (Wildman–Crippen LogP) is 0.973. The maximum absolute atomic E-state index is 10.9. The van der Waals surface area contributed by atoms with Crippen molar-refractivity contribution in [2.24, 2.45) is 0 Å². The Hall–Kier alpha value is -0.900. The zero-order chi connectivity index (χ0) is 10.1. The smallest absolute Gasteiger partial charge is 0.310 e. The first-order valence-corrected chi connectivity index (χ1v) is 4.51. The molecule has 0 unspecified atom stereocenters. The van der Waals surface area contributed by atoms with Crippen LogP contribution in [0.3, 0.4) is 0 Å². The molecule has 0 fully saturated rings. The number of carboxylic acid groups (broad SMARTS) is 1. The van der Waals surface area contributed by atoms with Crippen LogP contribution in [0.15, 0.2) is 0 Å². The van der Waals surface area contributed by atoms with Crippen LogP contribution < -0.4 is 0 Å². The van der Waals surface area contributed by atoms with Crippen molar-refractivity contribution in [3.8, 4) is 0 Å². The molecule has 0 aromatic rings. The molecule has 4 nitrogen and oxygen atoms in total. The van der Waals surface area contributed by atoms with Gasteiger partial charge < -0.3 is 10.2 Å². The molecule has 0 heterocycles. The number of ketones is 1.